The minimum atomic E-state index is -0.868. The summed E-state index contributed by atoms with van der Waals surface area (Å²) in [7, 11) is 0. The number of aliphatic carboxylic acids is 1. The highest BCUT2D eigenvalue weighted by atomic mass is 16.4. The van der Waals surface area contributed by atoms with Crippen LogP contribution in [-0.4, -0.2) is 23.5 Å². The fraction of sp³-hybridized carbons (Fsp3) is 0.500. The minimum absolute atomic E-state index is 0.00198. The van der Waals surface area contributed by atoms with Crippen LogP contribution >= 0.6 is 0 Å². The van der Waals surface area contributed by atoms with Crippen LogP contribution in [0.5, 0.6) is 0 Å². The summed E-state index contributed by atoms with van der Waals surface area (Å²) >= 11 is 0. The molecule has 2 N–H and O–H groups in total. The third-order valence-corrected chi connectivity index (χ3v) is 1.20. The Balaban J connectivity index is 3.36. The Bertz CT molecular complexity index is 187. The summed E-state index contributed by atoms with van der Waals surface area (Å²) in [6.45, 7) is 2.16. The average molecular weight is 171 g/mol. The Morgan fingerprint density at radius 3 is 2.58 bits per heavy atom. The largest absolute Gasteiger partial charge is 0.481 e. The first kappa shape index (κ1) is 10.7. The molecular weight excluding hydrogens is 158 g/mol. The second-order valence-corrected chi connectivity index (χ2v) is 2.23. The first-order valence-electron chi connectivity index (χ1n) is 3.80. The van der Waals surface area contributed by atoms with E-state index in [1.807, 2.05) is 0 Å². The lowest BCUT2D eigenvalue weighted by Gasteiger charge is -1.96. The number of carboxylic acid groups (broad SMARTS) is 1. The molecule has 0 aliphatic heterocycles. The van der Waals surface area contributed by atoms with Gasteiger partial charge in [0.05, 0.1) is 6.42 Å². The SMILES string of the molecule is CCC(=O)NC/C=C/CC(=O)O. The van der Waals surface area contributed by atoms with Crippen molar-refractivity contribution in [3.8, 4) is 0 Å². The van der Waals surface area contributed by atoms with E-state index in [2.05, 4.69) is 5.32 Å². The van der Waals surface area contributed by atoms with Crippen molar-refractivity contribution < 1.29 is 14.7 Å². The van der Waals surface area contributed by atoms with E-state index in [9.17, 15) is 9.59 Å². The Hall–Kier alpha value is -1.32. The Morgan fingerprint density at radius 1 is 1.42 bits per heavy atom. The normalized spacial score (nSPS) is 10.1. The molecule has 0 heterocycles. The van der Waals surface area contributed by atoms with E-state index >= 15 is 0 Å². The van der Waals surface area contributed by atoms with E-state index in [1.54, 1.807) is 13.0 Å². The molecule has 4 nitrogen and oxygen atoms in total. The highest BCUT2D eigenvalue weighted by Gasteiger charge is 1.92. The maximum absolute atomic E-state index is 10.6. The zero-order chi connectivity index (χ0) is 9.40. The Kier molecular flexibility index (Phi) is 5.69. The van der Waals surface area contributed by atoms with E-state index in [0.29, 0.717) is 13.0 Å². The highest BCUT2D eigenvalue weighted by Crippen LogP contribution is 1.81. The zero-order valence-corrected chi connectivity index (χ0v) is 7.04. The summed E-state index contributed by atoms with van der Waals surface area (Å²) in [6.07, 6.45) is 3.59. The maximum atomic E-state index is 10.6. The van der Waals surface area contributed by atoms with Crippen molar-refractivity contribution in [3.05, 3.63) is 12.2 Å². The summed E-state index contributed by atoms with van der Waals surface area (Å²) < 4.78 is 0. The van der Waals surface area contributed by atoms with E-state index < -0.39 is 5.97 Å². The fourth-order valence-electron chi connectivity index (χ4n) is 0.565. The van der Waals surface area contributed by atoms with Crippen LogP contribution in [0.2, 0.25) is 0 Å². The van der Waals surface area contributed by atoms with Gasteiger partial charge in [0.1, 0.15) is 0 Å². The maximum Gasteiger partial charge on any atom is 0.307 e. The summed E-state index contributed by atoms with van der Waals surface area (Å²) in [5.74, 6) is -0.900. The van der Waals surface area contributed by atoms with Gasteiger partial charge in [-0.25, -0.2) is 0 Å². The van der Waals surface area contributed by atoms with Crippen LogP contribution in [0.25, 0.3) is 0 Å². The lowest BCUT2D eigenvalue weighted by atomic mass is 10.3. The van der Waals surface area contributed by atoms with Crippen molar-refractivity contribution in [2.24, 2.45) is 0 Å². The van der Waals surface area contributed by atoms with Crippen LogP contribution in [0.3, 0.4) is 0 Å². The van der Waals surface area contributed by atoms with E-state index in [4.69, 9.17) is 5.11 Å². The van der Waals surface area contributed by atoms with Gasteiger partial charge in [-0.15, -0.1) is 0 Å². The van der Waals surface area contributed by atoms with Crippen LogP contribution in [0.4, 0.5) is 0 Å². The van der Waals surface area contributed by atoms with Gasteiger partial charge in [0.15, 0.2) is 0 Å². The van der Waals surface area contributed by atoms with Crippen molar-refractivity contribution >= 4 is 11.9 Å². The average Bonchev–Trinajstić information content (AvgIpc) is 2.03. The lowest BCUT2D eigenvalue weighted by Crippen LogP contribution is -2.21. The molecule has 0 aliphatic rings. The van der Waals surface area contributed by atoms with Crippen LogP contribution in [0.1, 0.15) is 19.8 Å². The van der Waals surface area contributed by atoms with Gasteiger partial charge in [-0.3, -0.25) is 9.59 Å². The van der Waals surface area contributed by atoms with E-state index in [-0.39, 0.29) is 12.3 Å². The number of carboxylic acids is 1. The van der Waals surface area contributed by atoms with Gasteiger partial charge in [-0.2, -0.15) is 0 Å². The van der Waals surface area contributed by atoms with Crippen LogP contribution < -0.4 is 5.32 Å². The molecule has 0 bridgehead atoms. The minimum Gasteiger partial charge on any atom is -0.481 e. The molecule has 12 heavy (non-hydrogen) atoms. The second-order valence-electron chi connectivity index (χ2n) is 2.23. The summed E-state index contributed by atoms with van der Waals surface area (Å²) in [4.78, 5) is 20.7. The molecule has 0 aliphatic carbocycles. The monoisotopic (exact) mass is 171 g/mol. The molecule has 0 radical (unpaired) electrons. The van der Waals surface area contributed by atoms with Crippen molar-refractivity contribution in [2.45, 2.75) is 19.8 Å². The number of hydrogen-bond acceptors (Lipinski definition) is 2. The molecule has 0 saturated carbocycles. The molecule has 68 valence electrons. The predicted octanol–water partition coefficient (Wildman–Crippen LogP) is 0.544. The molecule has 0 atom stereocenters. The summed E-state index contributed by atoms with van der Waals surface area (Å²) in [5.41, 5.74) is 0. The lowest BCUT2D eigenvalue weighted by molar-refractivity contribution is -0.136. The fourth-order valence-corrected chi connectivity index (χ4v) is 0.565. The smallest absolute Gasteiger partial charge is 0.307 e. The van der Waals surface area contributed by atoms with Gasteiger partial charge in [-0.05, 0) is 0 Å². The zero-order valence-electron chi connectivity index (χ0n) is 7.04. The molecule has 0 fully saturated rings. The van der Waals surface area contributed by atoms with E-state index in [1.165, 1.54) is 6.08 Å². The van der Waals surface area contributed by atoms with Crippen LogP contribution in [-0.2, 0) is 9.59 Å². The standard InChI is InChI=1S/C8H13NO3/c1-2-7(10)9-6-4-3-5-8(11)12/h3-4H,2,5-6H2,1H3,(H,9,10)(H,11,12)/b4-3+. The number of nitrogens with one attached hydrogen (secondary N) is 1. The Labute approximate surface area is 71.3 Å². The number of rotatable bonds is 5. The van der Waals surface area contributed by atoms with Gasteiger partial charge in [-0.1, -0.05) is 19.1 Å². The molecule has 0 spiro atoms. The quantitative estimate of drug-likeness (QED) is 0.593. The van der Waals surface area contributed by atoms with Crippen molar-refractivity contribution in [1.29, 1.82) is 0 Å². The van der Waals surface area contributed by atoms with Gasteiger partial charge in [0.25, 0.3) is 0 Å². The van der Waals surface area contributed by atoms with Crippen LogP contribution in [0.15, 0.2) is 12.2 Å². The molecule has 1 amide bonds. The molecular formula is C8H13NO3. The molecule has 0 aromatic heterocycles. The van der Waals surface area contributed by atoms with Gasteiger partial charge < -0.3 is 10.4 Å². The molecule has 0 rings (SSSR count). The Morgan fingerprint density at radius 2 is 2.08 bits per heavy atom. The van der Waals surface area contributed by atoms with Gasteiger partial charge >= 0.3 is 5.97 Å². The van der Waals surface area contributed by atoms with Gasteiger partial charge in [0, 0.05) is 13.0 Å². The molecule has 0 aromatic carbocycles. The number of carbonyl (C=O) groups is 2. The molecule has 0 saturated heterocycles. The third-order valence-electron chi connectivity index (χ3n) is 1.20. The topological polar surface area (TPSA) is 66.4 Å². The van der Waals surface area contributed by atoms with Crippen molar-refractivity contribution in [2.75, 3.05) is 6.54 Å². The molecule has 0 unspecified atom stereocenters. The number of carbonyl (C=O) groups excluding carboxylic acids is 1. The number of amides is 1. The number of hydrogen-bond donors (Lipinski definition) is 2. The molecule has 4 heteroatoms. The highest BCUT2D eigenvalue weighted by molar-refractivity contribution is 5.75. The summed E-state index contributed by atoms with van der Waals surface area (Å²) in [6, 6.07) is 0. The van der Waals surface area contributed by atoms with Crippen LogP contribution in [0, 0.1) is 0 Å². The first-order valence-corrected chi connectivity index (χ1v) is 3.80. The van der Waals surface area contributed by atoms with Crippen molar-refractivity contribution in [3.63, 3.8) is 0 Å². The van der Waals surface area contributed by atoms with Gasteiger partial charge in [0.2, 0.25) is 5.91 Å². The third kappa shape index (κ3) is 6.80. The second kappa shape index (κ2) is 6.39. The molecule has 0 aromatic rings. The summed E-state index contributed by atoms with van der Waals surface area (Å²) in [5, 5.41) is 10.8. The predicted molar refractivity (Wildman–Crippen MR) is 44.7 cm³/mol. The van der Waals surface area contributed by atoms with E-state index in [0.717, 1.165) is 0 Å². The van der Waals surface area contributed by atoms with Crippen molar-refractivity contribution in [1.82, 2.24) is 5.32 Å². The first-order chi connectivity index (χ1) is 5.66.